The molecule has 0 spiro atoms. The lowest BCUT2D eigenvalue weighted by Gasteiger charge is -2.24. The summed E-state index contributed by atoms with van der Waals surface area (Å²) in [6.45, 7) is 0.0589. The number of esters is 1. The van der Waals surface area contributed by atoms with Crippen LogP contribution in [0.5, 0.6) is 0 Å². The van der Waals surface area contributed by atoms with Crippen LogP contribution in [0.3, 0.4) is 0 Å². The second kappa shape index (κ2) is 7.63. The molecule has 6 heteroatoms. The monoisotopic (exact) mass is 325 g/mol. The quantitative estimate of drug-likeness (QED) is 0.642. The first-order valence-corrected chi connectivity index (χ1v) is 7.57. The highest BCUT2D eigenvalue weighted by molar-refractivity contribution is 6.22. The van der Waals surface area contributed by atoms with Crippen molar-refractivity contribution < 1.29 is 19.5 Å². The Bertz CT molecular complexity index is 546. The van der Waals surface area contributed by atoms with Gasteiger partial charge in [-0.25, -0.2) is 4.79 Å². The van der Waals surface area contributed by atoms with Gasteiger partial charge in [0.15, 0.2) is 5.76 Å². The maximum absolute atomic E-state index is 12.2. The summed E-state index contributed by atoms with van der Waals surface area (Å²) >= 11 is 6.43. The first-order chi connectivity index (χ1) is 10.6. The molecule has 0 bridgehead atoms. The molecule has 0 aromatic heterocycles. The fourth-order valence-electron chi connectivity index (χ4n) is 2.54. The SMILES string of the molecule is COC(=O)C1=C(c2ccccc2)ON(C)[C@@H]1[C@@H](Cl)CCCO. The normalized spacial score (nSPS) is 19.9. The minimum absolute atomic E-state index is 0.0589. The maximum Gasteiger partial charge on any atom is 0.339 e. The molecule has 2 rings (SSSR count). The number of benzene rings is 1. The van der Waals surface area contributed by atoms with Crippen molar-refractivity contribution in [2.45, 2.75) is 24.3 Å². The number of aliphatic hydroxyl groups is 1. The van der Waals surface area contributed by atoms with Crippen LogP contribution in [0.1, 0.15) is 18.4 Å². The van der Waals surface area contributed by atoms with Gasteiger partial charge in [-0.3, -0.25) is 0 Å². The topological polar surface area (TPSA) is 59.0 Å². The molecule has 1 heterocycles. The number of rotatable bonds is 6. The number of aliphatic hydroxyl groups excluding tert-OH is 1. The van der Waals surface area contributed by atoms with Crippen LogP contribution in [0.4, 0.5) is 0 Å². The van der Waals surface area contributed by atoms with Crippen molar-refractivity contribution in [3.63, 3.8) is 0 Å². The van der Waals surface area contributed by atoms with E-state index in [2.05, 4.69) is 0 Å². The van der Waals surface area contributed by atoms with E-state index in [1.807, 2.05) is 30.3 Å². The third-order valence-corrected chi connectivity index (χ3v) is 4.05. The number of methoxy groups -OCH3 is 1. The van der Waals surface area contributed by atoms with Crippen LogP contribution in [0.2, 0.25) is 0 Å². The fraction of sp³-hybridized carbons (Fsp3) is 0.438. The molecular formula is C16H20ClNO4. The predicted octanol–water partition coefficient (Wildman–Crippen LogP) is 2.20. The summed E-state index contributed by atoms with van der Waals surface area (Å²) in [5, 5.41) is 10.2. The number of ether oxygens (including phenoxy) is 1. The van der Waals surface area contributed by atoms with Crippen LogP contribution in [0, 0.1) is 0 Å². The van der Waals surface area contributed by atoms with E-state index < -0.39 is 12.0 Å². The average Bonchev–Trinajstić information content (AvgIpc) is 2.90. The number of hydrogen-bond acceptors (Lipinski definition) is 5. The molecule has 120 valence electrons. The summed E-state index contributed by atoms with van der Waals surface area (Å²) in [6.07, 6.45) is 1.13. The zero-order valence-corrected chi connectivity index (χ0v) is 13.4. The third-order valence-electron chi connectivity index (χ3n) is 3.59. The molecule has 2 atom stereocenters. The van der Waals surface area contributed by atoms with Gasteiger partial charge in [0.25, 0.3) is 0 Å². The van der Waals surface area contributed by atoms with Gasteiger partial charge in [0, 0.05) is 19.2 Å². The van der Waals surface area contributed by atoms with Gasteiger partial charge in [-0.05, 0) is 12.8 Å². The first-order valence-electron chi connectivity index (χ1n) is 7.13. The van der Waals surface area contributed by atoms with E-state index in [0.29, 0.717) is 24.2 Å². The number of alkyl halides is 1. The van der Waals surface area contributed by atoms with Gasteiger partial charge >= 0.3 is 5.97 Å². The summed E-state index contributed by atoms with van der Waals surface area (Å²) in [6, 6.07) is 8.95. The number of halogens is 1. The molecular weight excluding hydrogens is 306 g/mol. The van der Waals surface area contributed by atoms with E-state index in [-0.39, 0.29) is 12.0 Å². The van der Waals surface area contributed by atoms with Crippen LogP contribution in [0.25, 0.3) is 5.76 Å². The van der Waals surface area contributed by atoms with Crippen LogP contribution >= 0.6 is 11.6 Å². The number of hydrogen-bond donors (Lipinski definition) is 1. The lowest BCUT2D eigenvalue weighted by atomic mass is 9.97. The van der Waals surface area contributed by atoms with Gasteiger partial charge in [-0.2, -0.15) is 0 Å². The first kappa shape index (κ1) is 16.8. The van der Waals surface area contributed by atoms with Gasteiger partial charge in [0.05, 0.1) is 18.5 Å². The van der Waals surface area contributed by atoms with Gasteiger partial charge < -0.3 is 14.7 Å². The zero-order valence-electron chi connectivity index (χ0n) is 12.7. The molecule has 0 aliphatic carbocycles. The van der Waals surface area contributed by atoms with Gasteiger partial charge in [-0.1, -0.05) is 30.3 Å². The Hall–Kier alpha value is -1.56. The minimum Gasteiger partial charge on any atom is -0.466 e. The molecule has 22 heavy (non-hydrogen) atoms. The maximum atomic E-state index is 12.2. The summed E-state index contributed by atoms with van der Waals surface area (Å²) in [4.78, 5) is 18.0. The fourth-order valence-corrected chi connectivity index (χ4v) is 2.98. The molecule has 1 aliphatic heterocycles. The Labute approximate surface area is 135 Å². The molecule has 0 saturated carbocycles. The lowest BCUT2D eigenvalue weighted by molar-refractivity contribution is -0.137. The molecule has 0 amide bonds. The van der Waals surface area contributed by atoms with Crippen molar-refractivity contribution in [2.24, 2.45) is 0 Å². The molecule has 1 aromatic rings. The largest absolute Gasteiger partial charge is 0.466 e. The summed E-state index contributed by atoms with van der Waals surface area (Å²) in [5.41, 5.74) is 1.21. The summed E-state index contributed by atoms with van der Waals surface area (Å²) in [5.74, 6) is 0.0115. The molecule has 0 saturated heterocycles. The Kier molecular flexibility index (Phi) is 5.83. The Morgan fingerprint density at radius 2 is 2.14 bits per heavy atom. The van der Waals surface area contributed by atoms with Crippen molar-refractivity contribution in [3.8, 4) is 0 Å². The lowest BCUT2D eigenvalue weighted by Crippen LogP contribution is -2.37. The molecule has 1 aliphatic rings. The summed E-state index contributed by atoms with van der Waals surface area (Å²) in [7, 11) is 3.07. The van der Waals surface area contributed by atoms with E-state index >= 15 is 0 Å². The van der Waals surface area contributed by atoms with Crippen LogP contribution in [-0.2, 0) is 14.4 Å². The van der Waals surface area contributed by atoms with Gasteiger partial charge in [0.2, 0.25) is 0 Å². The highest BCUT2D eigenvalue weighted by Gasteiger charge is 2.42. The smallest absolute Gasteiger partial charge is 0.339 e. The highest BCUT2D eigenvalue weighted by Crippen LogP contribution is 2.36. The number of carbonyl (C=O) groups is 1. The molecule has 5 nitrogen and oxygen atoms in total. The van der Waals surface area contributed by atoms with Crippen LogP contribution < -0.4 is 0 Å². The van der Waals surface area contributed by atoms with Crippen LogP contribution in [-0.4, -0.2) is 48.3 Å². The zero-order chi connectivity index (χ0) is 16.1. The third kappa shape index (κ3) is 3.43. The van der Waals surface area contributed by atoms with Crippen molar-refractivity contribution in [2.75, 3.05) is 20.8 Å². The molecule has 1 N–H and O–H groups in total. The molecule has 0 fully saturated rings. The molecule has 0 radical (unpaired) electrons. The van der Waals surface area contributed by atoms with Crippen molar-refractivity contribution in [1.29, 1.82) is 0 Å². The van der Waals surface area contributed by atoms with E-state index in [9.17, 15) is 4.79 Å². The van der Waals surface area contributed by atoms with Crippen molar-refractivity contribution in [3.05, 3.63) is 41.5 Å². The Morgan fingerprint density at radius 1 is 1.45 bits per heavy atom. The predicted molar refractivity (Wildman–Crippen MR) is 84.0 cm³/mol. The number of nitrogens with zero attached hydrogens (tertiary/aromatic N) is 1. The Balaban J connectivity index is 2.40. The number of carbonyl (C=O) groups excluding carboxylic acids is 1. The van der Waals surface area contributed by atoms with Crippen molar-refractivity contribution in [1.82, 2.24) is 5.06 Å². The minimum atomic E-state index is -0.456. The highest BCUT2D eigenvalue weighted by atomic mass is 35.5. The van der Waals surface area contributed by atoms with Crippen molar-refractivity contribution >= 4 is 23.3 Å². The van der Waals surface area contributed by atoms with Crippen LogP contribution in [0.15, 0.2) is 35.9 Å². The van der Waals surface area contributed by atoms with Gasteiger partial charge in [0.1, 0.15) is 5.57 Å². The molecule has 1 aromatic carbocycles. The second-order valence-electron chi connectivity index (χ2n) is 5.06. The summed E-state index contributed by atoms with van der Waals surface area (Å²) < 4.78 is 4.91. The molecule has 0 unspecified atom stereocenters. The number of hydroxylamine groups is 2. The second-order valence-corrected chi connectivity index (χ2v) is 5.63. The van der Waals surface area contributed by atoms with Gasteiger partial charge in [-0.15, -0.1) is 16.7 Å². The Morgan fingerprint density at radius 3 is 2.73 bits per heavy atom. The van der Waals surface area contributed by atoms with E-state index in [1.54, 1.807) is 12.1 Å². The standard InChI is InChI=1S/C16H20ClNO4/c1-18-14(12(17)9-6-10-19)13(16(20)21-2)15(22-18)11-7-4-3-5-8-11/h3-5,7-8,12,14,19H,6,9-10H2,1-2H3/t12-,14+/m0/s1. The number of likely N-dealkylation sites (N-methyl/N-ethyl adjacent to an activating group) is 1. The van der Waals surface area contributed by atoms with E-state index in [4.69, 9.17) is 26.3 Å². The van der Waals surface area contributed by atoms with E-state index in [1.165, 1.54) is 7.11 Å². The average molecular weight is 326 g/mol. The van der Waals surface area contributed by atoms with E-state index in [0.717, 1.165) is 5.56 Å².